The van der Waals surface area contributed by atoms with Crippen molar-refractivity contribution in [2.45, 2.75) is 6.92 Å². The first kappa shape index (κ1) is 15.4. The van der Waals surface area contributed by atoms with Crippen LogP contribution in [0, 0.1) is 35.8 Å². The average molecular weight is 326 g/mol. The first-order chi connectivity index (χ1) is 11.4. The van der Waals surface area contributed by atoms with Crippen LogP contribution in [0.25, 0.3) is 11.0 Å². The monoisotopic (exact) mass is 326 g/mol. The number of pyridine rings is 1. The van der Waals surface area contributed by atoms with E-state index in [0.29, 0.717) is 5.82 Å². The SMILES string of the molecule is Cc1nc2c(F)c(C#CC(=N)c3c(N)ccnc3N)c(F)cc2[nH]1. The first-order valence-electron chi connectivity index (χ1n) is 6.83. The fourth-order valence-electron chi connectivity index (χ4n) is 2.27. The molecule has 0 bridgehead atoms. The quantitative estimate of drug-likeness (QED) is 0.405. The molecule has 0 amide bonds. The highest BCUT2D eigenvalue weighted by Crippen LogP contribution is 2.22. The molecular formula is C16H12F2N6. The van der Waals surface area contributed by atoms with E-state index in [-0.39, 0.29) is 33.8 Å². The molecule has 0 saturated carbocycles. The summed E-state index contributed by atoms with van der Waals surface area (Å²) >= 11 is 0. The van der Waals surface area contributed by atoms with Crippen molar-refractivity contribution in [2.24, 2.45) is 0 Å². The zero-order valence-corrected chi connectivity index (χ0v) is 12.5. The van der Waals surface area contributed by atoms with E-state index in [1.807, 2.05) is 0 Å². The van der Waals surface area contributed by atoms with Gasteiger partial charge in [0.25, 0.3) is 0 Å². The van der Waals surface area contributed by atoms with Crippen molar-refractivity contribution in [1.29, 1.82) is 5.41 Å². The van der Waals surface area contributed by atoms with Crippen LogP contribution in [0.15, 0.2) is 18.3 Å². The molecule has 0 aliphatic heterocycles. The van der Waals surface area contributed by atoms with Crippen LogP contribution in [0.1, 0.15) is 17.0 Å². The molecule has 0 unspecified atom stereocenters. The van der Waals surface area contributed by atoms with E-state index in [0.717, 1.165) is 6.07 Å². The molecular weight excluding hydrogens is 314 g/mol. The topological polar surface area (TPSA) is 117 Å². The van der Waals surface area contributed by atoms with Gasteiger partial charge in [0.15, 0.2) is 5.82 Å². The average Bonchev–Trinajstić information content (AvgIpc) is 2.87. The Morgan fingerprint density at radius 2 is 2.08 bits per heavy atom. The predicted molar refractivity (Wildman–Crippen MR) is 87.5 cm³/mol. The number of hydrogen-bond acceptors (Lipinski definition) is 5. The Hall–Kier alpha value is -3.47. The Morgan fingerprint density at radius 3 is 2.79 bits per heavy atom. The second kappa shape index (κ2) is 5.62. The van der Waals surface area contributed by atoms with Crippen LogP contribution < -0.4 is 11.5 Å². The van der Waals surface area contributed by atoms with Crippen molar-refractivity contribution in [3.63, 3.8) is 0 Å². The van der Waals surface area contributed by atoms with Gasteiger partial charge < -0.3 is 16.5 Å². The maximum absolute atomic E-state index is 14.4. The summed E-state index contributed by atoms with van der Waals surface area (Å²) < 4.78 is 28.5. The summed E-state index contributed by atoms with van der Waals surface area (Å²) in [4.78, 5) is 10.5. The highest BCUT2D eigenvalue weighted by molar-refractivity contribution is 6.16. The number of halogens is 2. The highest BCUT2D eigenvalue weighted by atomic mass is 19.1. The molecule has 2 aromatic heterocycles. The van der Waals surface area contributed by atoms with Gasteiger partial charge in [-0.1, -0.05) is 5.92 Å². The number of H-pyrrole nitrogens is 1. The molecule has 0 spiro atoms. The zero-order valence-electron chi connectivity index (χ0n) is 12.5. The van der Waals surface area contributed by atoms with E-state index in [2.05, 4.69) is 26.8 Å². The number of nitrogen functional groups attached to an aromatic ring is 2. The van der Waals surface area contributed by atoms with Crippen molar-refractivity contribution in [3.05, 3.63) is 46.9 Å². The molecule has 0 atom stereocenters. The number of benzene rings is 1. The lowest BCUT2D eigenvalue weighted by atomic mass is 10.1. The fraction of sp³-hybridized carbons (Fsp3) is 0.0625. The number of fused-ring (bicyclic) bond motifs is 1. The highest BCUT2D eigenvalue weighted by Gasteiger charge is 2.15. The molecule has 8 heteroatoms. The molecule has 3 rings (SSSR count). The lowest BCUT2D eigenvalue weighted by Crippen LogP contribution is -2.07. The van der Waals surface area contributed by atoms with Crippen LogP contribution in [0.5, 0.6) is 0 Å². The summed E-state index contributed by atoms with van der Waals surface area (Å²) in [5.74, 6) is 3.42. The maximum atomic E-state index is 14.4. The second-order valence-corrected chi connectivity index (χ2v) is 5.05. The number of rotatable bonds is 1. The van der Waals surface area contributed by atoms with Gasteiger partial charge in [0.2, 0.25) is 0 Å². The molecule has 0 aliphatic rings. The number of nitrogens with one attached hydrogen (secondary N) is 2. The number of aromatic nitrogens is 3. The molecule has 0 saturated heterocycles. The van der Waals surface area contributed by atoms with Crippen LogP contribution >= 0.6 is 0 Å². The summed E-state index contributed by atoms with van der Waals surface area (Å²) in [7, 11) is 0. The largest absolute Gasteiger partial charge is 0.398 e. The first-order valence-corrected chi connectivity index (χ1v) is 6.83. The van der Waals surface area contributed by atoms with E-state index in [9.17, 15) is 8.78 Å². The summed E-state index contributed by atoms with van der Waals surface area (Å²) in [6.45, 7) is 1.63. The lowest BCUT2D eigenvalue weighted by molar-refractivity contribution is 0.585. The molecule has 0 radical (unpaired) electrons. The molecule has 1 aromatic carbocycles. The van der Waals surface area contributed by atoms with Gasteiger partial charge in [-0.05, 0) is 18.9 Å². The standard InChI is InChI=1S/C16H12F2N6/c1-7-23-12-6-9(17)8(14(18)15(12)24-7)2-3-10(19)13-11(20)4-5-22-16(13)21/h4-6,19H,1H3,(H,23,24)(H4,20,21,22). The normalized spacial score (nSPS) is 10.5. The molecule has 0 fully saturated rings. The van der Waals surface area contributed by atoms with Gasteiger partial charge in [0.05, 0.1) is 16.6 Å². The smallest absolute Gasteiger partial charge is 0.169 e. The minimum atomic E-state index is -0.887. The predicted octanol–water partition coefficient (Wildman–Crippen LogP) is 2.13. The number of aryl methyl sites for hydroxylation is 1. The molecule has 0 aliphatic carbocycles. The van der Waals surface area contributed by atoms with Gasteiger partial charge in [-0.15, -0.1) is 0 Å². The van der Waals surface area contributed by atoms with Gasteiger partial charge in [0.1, 0.15) is 28.7 Å². The minimum Gasteiger partial charge on any atom is -0.398 e. The fourth-order valence-corrected chi connectivity index (χ4v) is 2.27. The van der Waals surface area contributed by atoms with Crippen molar-refractivity contribution < 1.29 is 8.78 Å². The molecule has 6 nitrogen and oxygen atoms in total. The Labute approximate surface area is 135 Å². The Kier molecular flexibility index (Phi) is 3.62. The van der Waals surface area contributed by atoms with Crippen LogP contribution in [0.2, 0.25) is 0 Å². The van der Waals surface area contributed by atoms with Crippen LogP contribution in [-0.4, -0.2) is 20.7 Å². The maximum Gasteiger partial charge on any atom is 0.169 e. The third kappa shape index (κ3) is 2.52. The second-order valence-electron chi connectivity index (χ2n) is 5.05. The number of imidazole rings is 1. The van der Waals surface area contributed by atoms with Gasteiger partial charge in [0, 0.05) is 18.0 Å². The minimum absolute atomic E-state index is 0.00913. The molecule has 2 heterocycles. The van der Waals surface area contributed by atoms with E-state index in [4.69, 9.17) is 16.9 Å². The van der Waals surface area contributed by atoms with Crippen LogP contribution in [0.3, 0.4) is 0 Å². The van der Waals surface area contributed by atoms with E-state index >= 15 is 0 Å². The summed E-state index contributed by atoms with van der Waals surface area (Å²) in [6, 6.07) is 2.57. The summed E-state index contributed by atoms with van der Waals surface area (Å²) in [5.41, 5.74) is 11.2. The Morgan fingerprint density at radius 1 is 1.33 bits per heavy atom. The van der Waals surface area contributed by atoms with Gasteiger partial charge >= 0.3 is 0 Å². The van der Waals surface area contributed by atoms with Crippen molar-refractivity contribution in [1.82, 2.24) is 15.0 Å². The molecule has 24 heavy (non-hydrogen) atoms. The van der Waals surface area contributed by atoms with Gasteiger partial charge in [-0.2, -0.15) is 0 Å². The summed E-state index contributed by atoms with van der Waals surface area (Å²) in [5, 5.41) is 7.93. The number of anilines is 2. The van der Waals surface area contributed by atoms with Crippen LogP contribution in [-0.2, 0) is 0 Å². The van der Waals surface area contributed by atoms with Crippen molar-refractivity contribution in [2.75, 3.05) is 11.5 Å². The third-order valence-corrected chi connectivity index (χ3v) is 3.36. The van der Waals surface area contributed by atoms with Crippen molar-refractivity contribution >= 4 is 28.3 Å². The Bertz CT molecular complexity index is 1020. The number of nitrogens with two attached hydrogens (primary N) is 2. The zero-order chi connectivity index (χ0) is 17.4. The number of aromatic amines is 1. The van der Waals surface area contributed by atoms with Gasteiger partial charge in [-0.25, -0.2) is 18.7 Å². The third-order valence-electron chi connectivity index (χ3n) is 3.36. The van der Waals surface area contributed by atoms with E-state index < -0.39 is 17.2 Å². The van der Waals surface area contributed by atoms with Gasteiger partial charge in [-0.3, -0.25) is 5.41 Å². The number of nitrogens with zero attached hydrogens (tertiary/aromatic N) is 2. The molecule has 3 aromatic rings. The molecule has 120 valence electrons. The number of hydrogen-bond donors (Lipinski definition) is 4. The Balaban J connectivity index is 2.08. The van der Waals surface area contributed by atoms with Crippen LogP contribution in [0.4, 0.5) is 20.3 Å². The summed E-state index contributed by atoms with van der Waals surface area (Å²) in [6.07, 6.45) is 1.39. The van der Waals surface area contributed by atoms with Crippen molar-refractivity contribution in [3.8, 4) is 11.8 Å². The van der Waals surface area contributed by atoms with E-state index in [1.165, 1.54) is 12.3 Å². The molecule has 6 N–H and O–H groups in total. The van der Waals surface area contributed by atoms with E-state index in [1.54, 1.807) is 6.92 Å². The lowest BCUT2D eigenvalue weighted by Gasteiger charge is -2.04.